The third-order valence-corrected chi connectivity index (χ3v) is 5.35. The Morgan fingerprint density at radius 3 is 2.53 bits per heavy atom. The fourth-order valence-corrected chi connectivity index (χ4v) is 4.01. The van der Waals surface area contributed by atoms with Crippen LogP contribution in [0.4, 0.5) is 0 Å². The number of hydrogen-bond donors (Lipinski definition) is 1. The van der Waals surface area contributed by atoms with E-state index in [1.165, 1.54) is 44.9 Å². The maximum absolute atomic E-state index is 6.20. The van der Waals surface area contributed by atoms with Crippen LogP contribution in [0.3, 0.4) is 0 Å². The maximum Gasteiger partial charge on any atom is 0.0729 e. The Labute approximate surface area is 105 Å². The molecule has 2 heteroatoms. The summed E-state index contributed by atoms with van der Waals surface area (Å²) in [6, 6.07) is 0.640. The van der Waals surface area contributed by atoms with Gasteiger partial charge in [-0.3, -0.25) is 0 Å². The minimum atomic E-state index is 0.338. The molecule has 0 aromatic rings. The highest BCUT2D eigenvalue weighted by Gasteiger charge is 2.44. The van der Waals surface area contributed by atoms with E-state index >= 15 is 0 Å². The van der Waals surface area contributed by atoms with Crippen LogP contribution in [0.5, 0.6) is 0 Å². The van der Waals surface area contributed by atoms with Crippen molar-refractivity contribution in [2.45, 2.75) is 76.5 Å². The summed E-state index contributed by atoms with van der Waals surface area (Å²) in [5.41, 5.74) is 0.338. The molecular formula is C15H27NO. The lowest BCUT2D eigenvalue weighted by Crippen LogP contribution is -2.64. The first-order valence-electron chi connectivity index (χ1n) is 7.56. The van der Waals surface area contributed by atoms with Gasteiger partial charge in [-0.15, -0.1) is 0 Å². The quantitative estimate of drug-likeness (QED) is 0.699. The zero-order chi connectivity index (χ0) is 11.9. The molecule has 0 aromatic carbocycles. The molecule has 3 aliphatic rings. The van der Waals surface area contributed by atoms with Gasteiger partial charge in [-0.2, -0.15) is 0 Å². The fourth-order valence-electron chi connectivity index (χ4n) is 4.01. The van der Waals surface area contributed by atoms with Gasteiger partial charge in [-0.1, -0.05) is 13.8 Å². The summed E-state index contributed by atoms with van der Waals surface area (Å²) >= 11 is 0. The average molecular weight is 237 g/mol. The smallest absolute Gasteiger partial charge is 0.0729 e. The third-order valence-electron chi connectivity index (χ3n) is 5.35. The van der Waals surface area contributed by atoms with Gasteiger partial charge in [-0.05, 0) is 56.8 Å². The van der Waals surface area contributed by atoms with Gasteiger partial charge in [0, 0.05) is 11.6 Å². The van der Waals surface area contributed by atoms with Crippen molar-refractivity contribution in [2.24, 2.45) is 11.8 Å². The minimum absolute atomic E-state index is 0.338. The van der Waals surface area contributed by atoms with Crippen molar-refractivity contribution < 1.29 is 4.74 Å². The molecule has 0 aromatic heterocycles. The predicted molar refractivity (Wildman–Crippen MR) is 70.0 cm³/mol. The summed E-state index contributed by atoms with van der Waals surface area (Å²) in [5, 5.41) is 4.00. The molecule has 1 spiro atoms. The summed E-state index contributed by atoms with van der Waals surface area (Å²) in [7, 11) is 0. The van der Waals surface area contributed by atoms with Crippen molar-refractivity contribution in [1.29, 1.82) is 0 Å². The molecule has 1 heterocycles. The monoisotopic (exact) mass is 237 g/mol. The van der Waals surface area contributed by atoms with Gasteiger partial charge in [0.15, 0.2) is 0 Å². The first kappa shape index (κ1) is 12.0. The number of fused-ring (bicyclic) bond motifs is 1. The van der Waals surface area contributed by atoms with Crippen LogP contribution in [0.1, 0.15) is 58.8 Å². The van der Waals surface area contributed by atoms with E-state index in [-0.39, 0.29) is 0 Å². The van der Waals surface area contributed by atoms with Crippen molar-refractivity contribution in [1.82, 2.24) is 5.32 Å². The molecule has 3 unspecified atom stereocenters. The molecule has 3 atom stereocenters. The van der Waals surface area contributed by atoms with E-state index in [1.807, 2.05) is 0 Å². The number of ether oxygens (including phenoxy) is 1. The summed E-state index contributed by atoms with van der Waals surface area (Å²) in [5.74, 6) is 1.80. The highest BCUT2D eigenvalue weighted by atomic mass is 16.5. The van der Waals surface area contributed by atoms with Gasteiger partial charge < -0.3 is 10.1 Å². The minimum Gasteiger partial charge on any atom is -0.375 e. The molecule has 1 saturated heterocycles. The molecule has 0 radical (unpaired) electrons. The van der Waals surface area contributed by atoms with Crippen LogP contribution in [-0.4, -0.2) is 24.3 Å². The van der Waals surface area contributed by atoms with Crippen LogP contribution >= 0.6 is 0 Å². The van der Waals surface area contributed by atoms with Crippen molar-refractivity contribution in [3.8, 4) is 0 Å². The molecular weight excluding hydrogens is 210 g/mol. The van der Waals surface area contributed by atoms with Crippen LogP contribution in [0.15, 0.2) is 0 Å². The molecule has 1 N–H and O–H groups in total. The van der Waals surface area contributed by atoms with Crippen LogP contribution in [0.25, 0.3) is 0 Å². The number of morpholine rings is 1. The van der Waals surface area contributed by atoms with E-state index in [0.29, 0.717) is 17.7 Å². The first-order valence-corrected chi connectivity index (χ1v) is 7.56. The van der Waals surface area contributed by atoms with E-state index in [9.17, 15) is 0 Å². The first-order chi connectivity index (χ1) is 8.17. The Morgan fingerprint density at radius 2 is 1.76 bits per heavy atom. The van der Waals surface area contributed by atoms with Gasteiger partial charge in [0.05, 0.1) is 12.7 Å². The zero-order valence-electron chi connectivity index (χ0n) is 11.4. The molecule has 98 valence electrons. The molecule has 2 nitrogen and oxygen atoms in total. The SMILES string of the molecule is CC1CCC2(CC1)COC1CCC(C)CC1N2. The van der Waals surface area contributed by atoms with Crippen LogP contribution in [0, 0.1) is 11.8 Å². The van der Waals surface area contributed by atoms with Crippen molar-refractivity contribution in [2.75, 3.05) is 6.61 Å². The van der Waals surface area contributed by atoms with E-state index < -0.39 is 0 Å². The predicted octanol–water partition coefficient (Wildman–Crippen LogP) is 3.11. The Hall–Kier alpha value is -0.0800. The lowest BCUT2D eigenvalue weighted by molar-refractivity contribution is -0.0959. The standard InChI is InChI=1S/C15H27NO/c1-11-5-7-15(8-6-11)10-17-14-4-3-12(2)9-13(14)16-15/h11-14,16H,3-10H2,1-2H3. The average Bonchev–Trinajstić information content (AvgIpc) is 2.33. The van der Waals surface area contributed by atoms with E-state index in [4.69, 9.17) is 4.74 Å². The summed E-state index contributed by atoms with van der Waals surface area (Å²) in [6.07, 6.45) is 9.86. The van der Waals surface area contributed by atoms with Gasteiger partial charge in [0.2, 0.25) is 0 Å². The van der Waals surface area contributed by atoms with Crippen molar-refractivity contribution in [3.05, 3.63) is 0 Å². The topological polar surface area (TPSA) is 21.3 Å². The molecule has 2 aliphatic carbocycles. The number of rotatable bonds is 0. The Kier molecular flexibility index (Phi) is 3.20. The molecule has 17 heavy (non-hydrogen) atoms. The number of nitrogens with one attached hydrogen (secondary N) is 1. The summed E-state index contributed by atoms with van der Waals surface area (Å²) < 4.78 is 6.20. The van der Waals surface area contributed by atoms with Gasteiger partial charge in [-0.25, -0.2) is 0 Å². The molecule has 1 aliphatic heterocycles. The van der Waals surface area contributed by atoms with E-state index in [2.05, 4.69) is 19.2 Å². The second-order valence-electron chi connectivity index (χ2n) is 6.98. The van der Waals surface area contributed by atoms with Crippen LogP contribution < -0.4 is 5.32 Å². The van der Waals surface area contributed by atoms with Crippen molar-refractivity contribution in [3.63, 3.8) is 0 Å². The van der Waals surface area contributed by atoms with Gasteiger partial charge in [0.25, 0.3) is 0 Å². The zero-order valence-corrected chi connectivity index (χ0v) is 11.4. The largest absolute Gasteiger partial charge is 0.375 e. The normalized spacial score (nSPS) is 51.2. The lowest BCUT2D eigenvalue weighted by Gasteiger charge is -2.51. The second-order valence-corrected chi connectivity index (χ2v) is 6.98. The van der Waals surface area contributed by atoms with E-state index in [0.717, 1.165) is 18.4 Å². The Bertz CT molecular complexity index is 270. The number of hydrogen-bond acceptors (Lipinski definition) is 2. The van der Waals surface area contributed by atoms with Crippen molar-refractivity contribution >= 4 is 0 Å². The van der Waals surface area contributed by atoms with Crippen LogP contribution in [-0.2, 0) is 4.74 Å². The fraction of sp³-hybridized carbons (Fsp3) is 1.00. The lowest BCUT2D eigenvalue weighted by atomic mass is 9.74. The Balaban J connectivity index is 1.65. The van der Waals surface area contributed by atoms with E-state index in [1.54, 1.807) is 0 Å². The highest BCUT2D eigenvalue weighted by Crippen LogP contribution is 2.38. The molecule has 0 bridgehead atoms. The maximum atomic E-state index is 6.20. The molecule has 3 fully saturated rings. The molecule has 3 rings (SSSR count). The van der Waals surface area contributed by atoms with Crippen LogP contribution in [0.2, 0.25) is 0 Å². The summed E-state index contributed by atoms with van der Waals surface area (Å²) in [4.78, 5) is 0. The molecule has 2 saturated carbocycles. The molecule has 0 amide bonds. The Morgan fingerprint density at radius 1 is 1.00 bits per heavy atom. The third kappa shape index (κ3) is 2.39. The summed E-state index contributed by atoms with van der Waals surface area (Å²) in [6.45, 7) is 5.75. The van der Waals surface area contributed by atoms with Gasteiger partial charge in [0.1, 0.15) is 0 Å². The van der Waals surface area contributed by atoms with Gasteiger partial charge >= 0.3 is 0 Å². The highest BCUT2D eigenvalue weighted by molar-refractivity contribution is 5.01. The second kappa shape index (κ2) is 4.55.